The summed E-state index contributed by atoms with van der Waals surface area (Å²) < 4.78 is 52.4. The Morgan fingerprint density at radius 3 is 2.22 bits per heavy atom. The average Bonchev–Trinajstić information content (AvgIpc) is 3.31. The van der Waals surface area contributed by atoms with Gasteiger partial charge in [0.05, 0.1) is 26.0 Å². The summed E-state index contributed by atoms with van der Waals surface area (Å²) in [5.41, 5.74) is 10.1. The molecule has 1 aliphatic heterocycles. The number of nitrogen functional groups attached to an aromatic ring is 1. The van der Waals surface area contributed by atoms with Gasteiger partial charge in [-0.2, -0.15) is 13.2 Å². The molecule has 0 radical (unpaired) electrons. The highest BCUT2D eigenvalue weighted by atomic mass is 19.4. The largest absolute Gasteiger partial charge is 0.542 e. The fraction of sp³-hybridized carbons (Fsp3) is 0.581. The van der Waals surface area contributed by atoms with Crippen molar-refractivity contribution >= 4 is 29.0 Å². The van der Waals surface area contributed by atoms with Crippen LogP contribution in [-0.2, 0) is 27.9 Å². The first-order valence-electron chi connectivity index (χ1n) is 15.2. The molecule has 1 saturated heterocycles. The molecule has 1 fully saturated rings. The first-order chi connectivity index (χ1) is 21.5. The highest BCUT2D eigenvalue weighted by Gasteiger charge is 2.30. The second-order valence-electron chi connectivity index (χ2n) is 11.8. The number of nitrogens with two attached hydrogens (primary N) is 1. The lowest BCUT2D eigenvalue weighted by molar-refractivity contribution is -0.714. The molecule has 3 heterocycles. The third-order valence-electron chi connectivity index (χ3n) is 7.54. The molecular weight excluding hydrogens is 609 g/mol. The van der Waals surface area contributed by atoms with Gasteiger partial charge in [0.1, 0.15) is 17.8 Å². The Balaban J connectivity index is 0.000000738. The van der Waals surface area contributed by atoms with E-state index in [-0.39, 0.29) is 29.8 Å². The topological polar surface area (TPSA) is 148 Å². The van der Waals surface area contributed by atoms with Crippen LogP contribution in [0.3, 0.4) is 0 Å². The van der Waals surface area contributed by atoms with Crippen LogP contribution in [-0.4, -0.2) is 72.2 Å². The number of nitrogens with zero attached hydrogens (tertiary/aromatic N) is 5. The van der Waals surface area contributed by atoms with Gasteiger partial charge >= 0.3 is 17.8 Å². The number of halogens is 3. The van der Waals surface area contributed by atoms with Gasteiger partial charge in [-0.15, -0.1) is 4.68 Å². The number of Topliss-reactive ketones (excluding diaryl/α,β-unsaturated/α-hetero) is 1. The molecule has 0 saturated carbocycles. The van der Waals surface area contributed by atoms with E-state index in [1.54, 1.807) is 16.3 Å². The van der Waals surface area contributed by atoms with E-state index < -0.39 is 12.1 Å². The number of carboxylic acids is 1. The zero-order chi connectivity index (χ0) is 34.4. The lowest BCUT2D eigenvalue weighted by atomic mass is 9.84. The lowest BCUT2D eigenvalue weighted by Crippen LogP contribution is -2.41. The molecule has 1 aromatic carbocycles. The maximum atomic E-state index is 13.8. The number of methoxy groups -OCH3 is 1. The zero-order valence-corrected chi connectivity index (χ0v) is 27.4. The molecule has 0 atom stereocenters. The summed E-state index contributed by atoms with van der Waals surface area (Å²) in [5, 5.41) is 17.9. The summed E-state index contributed by atoms with van der Waals surface area (Å²) in [6.45, 7) is 15.4. The van der Waals surface area contributed by atoms with E-state index >= 15 is 0 Å². The van der Waals surface area contributed by atoms with E-state index in [9.17, 15) is 18.0 Å². The zero-order valence-electron chi connectivity index (χ0n) is 27.4. The lowest BCUT2D eigenvalue weighted by Gasteiger charge is -2.33. The number of rotatable bonds is 10. The van der Waals surface area contributed by atoms with Crippen molar-refractivity contribution in [1.29, 1.82) is 0 Å². The molecule has 0 aliphatic carbocycles. The van der Waals surface area contributed by atoms with Gasteiger partial charge in [-0.25, -0.2) is 0 Å². The van der Waals surface area contributed by atoms with Gasteiger partial charge in [0.15, 0.2) is 6.54 Å². The number of hydrogen-bond acceptors (Lipinski definition) is 10. The van der Waals surface area contributed by atoms with Crippen LogP contribution in [0.4, 0.5) is 24.8 Å². The number of aliphatic carboxylic acids is 1. The van der Waals surface area contributed by atoms with Crippen LogP contribution in [0.25, 0.3) is 5.65 Å². The third kappa shape index (κ3) is 8.56. The smallest absolute Gasteiger partial charge is 0.430 e. The van der Waals surface area contributed by atoms with Crippen molar-refractivity contribution < 1.29 is 46.8 Å². The first-order valence-corrected chi connectivity index (χ1v) is 15.2. The van der Waals surface area contributed by atoms with Crippen LogP contribution in [0.5, 0.6) is 11.6 Å². The Hall–Kier alpha value is -4.14. The van der Waals surface area contributed by atoms with Crippen molar-refractivity contribution in [2.24, 2.45) is 0 Å². The molecule has 0 spiro atoms. The summed E-state index contributed by atoms with van der Waals surface area (Å²) in [6.07, 6.45) is -2.61. The predicted molar refractivity (Wildman–Crippen MR) is 162 cm³/mol. The van der Waals surface area contributed by atoms with E-state index in [1.165, 1.54) is 0 Å². The summed E-state index contributed by atoms with van der Waals surface area (Å²) in [4.78, 5) is 24.8. The predicted octanol–water partition coefficient (Wildman–Crippen LogP) is 3.05. The summed E-state index contributed by atoms with van der Waals surface area (Å²) in [6, 6.07) is 5.85. The maximum absolute atomic E-state index is 13.8. The fourth-order valence-corrected chi connectivity index (χ4v) is 4.95. The van der Waals surface area contributed by atoms with Crippen LogP contribution in [0.15, 0.2) is 18.2 Å². The number of carboxylic acid groups (broad SMARTS) is 1. The minimum atomic E-state index is -5.19. The van der Waals surface area contributed by atoms with Gasteiger partial charge in [-0.3, -0.25) is 4.79 Å². The quantitative estimate of drug-likeness (QED) is 0.256. The molecule has 0 unspecified atom stereocenters. The molecule has 0 amide bonds. The minimum absolute atomic E-state index is 0.0245. The normalized spacial score (nSPS) is 13.8. The number of benzene rings is 1. The second kappa shape index (κ2) is 15.0. The van der Waals surface area contributed by atoms with Crippen molar-refractivity contribution in [1.82, 2.24) is 14.7 Å². The van der Waals surface area contributed by atoms with Crippen molar-refractivity contribution in [3.05, 3.63) is 34.9 Å². The molecule has 46 heavy (non-hydrogen) atoms. The summed E-state index contributed by atoms with van der Waals surface area (Å²) in [7, 11) is 1.69. The molecule has 3 aromatic rings. The van der Waals surface area contributed by atoms with E-state index in [1.807, 2.05) is 18.2 Å². The minimum Gasteiger partial charge on any atom is -0.542 e. The van der Waals surface area contributed by atoms with E-state index in [4.69, 9.17) is 29.8 Å². The SMILES string of the molecule is CCc1cc2n(nc1OC(CC)CC)c(N)n[n+]2CC(=O)c1cc(N2CCOCC2)c(OC)c(C(C)(C)C)c1.O=C([O-])C(F)(F)F. The number of ketones is 1. The fourth-order valence-electron chi connectivity index (χ4n) is 4.95. The van der Waals surface area contributed by atoms with Crippen LogP contribution < -0.4 is 29.9 Å². The standard InChI is InChI=1S/C29H43N6O4.C2HF3O2/c1-8-19-17-25-34(32-28(30)35(25)31-27(19)39-21(9-2)10-3)18-24(36)20-15-22(29(4,5)6)26(37-7)23(16-20)33-11-13-38-14-12-33;3-2(4,5)1(6)7/h15-17,21H,8-14,18H2,1-7H3,(H2,30,32);(H,6,7)/q+1;/p-1. The summed E-state index contributed by atoms with van der Waals surface area (Å²) in [5.74, 6) is -1.52. The van der Waals surface area contributed by atoms with Crippen LogP contribution >= 0.6 is 0 Å². The van der Waals surface area contributed by atoms with Gasteiger partial charge < -0.3 is 34.7 Å². The Morgan fingerprint density at radius 1 is 1.11 bits per heavy atom. The Morgan fingerprint density at radius 2 is 1.72 bits per heavy atom. The molecule has 15 heteroatoms. The monoisotopic (exact) mass is 652 g/mol. The number of aromatic nitrogens is 4. The van der Waals surface area contributed by atoms with Crippen LogP contribution in [0.2, 0.25) is 0 Å². The van der Waals surface area contributed by atoms with E-state index in [0.717, 1.165) is 54.9 Å². The number of carbonyl (C=O) groups excluding carboxylic acids is 2. The first kappa shape index (κ1) is 36.3. The second-order valence-corrected chi connectivity index (χ2v) is 11.8. The number of ether oxygens (including phenoxy) is 3. The average molecular weight is 653 g/mol. The molecule has 2 N–H and O–H groups in total. The third-order valence-corrected chi connectivity index (χ3v) is 7.54. The van der Waals surface area contributed by atoms with Crippen LogP contribution in [0, 0.1) is 0 Å². The molecule has 0 bridgehead atoms. The molecule has 4 rings (SSSR count). The Bertz CT molecular complexity index is 1530. The van der Waals surface area contributed by atoms with Gasteiger partial charge in [-0.05, 0) is 47.0 Å². The van der Waals surface area contributed by atoms with E-state index in [2.05, 4.69) is 56.6 Å². The highest BCUT2D eigenvalue weighted by Crippen LogP contribution is 2.40. The summed E-state index contributed by atoms with van der Waals surface area (Å²) >= 11 is 0. The molecule has 12 nitrogen and oxygen atoms in total. The number of fused-ring (bicyclic) bond motifs is 1. The number of carbonyl (C=O) groups is 2. The maximum Gasteiger partial charge on any atom is 0.430 e. The Kier molecular flexibility index (Phi) is 11.8. The number of alkyl halides is 3. The molecule has 1 aliphatic rings. The van der Waals surface area contributed by atoms with Crippen molar-refractivity contribution in [3.63, 3.8) is 0 Å². The van der Waals surface area contributed by atoms with Gasteiger partial charge in [0.25, 0.3) is 5.88 Å². The number of anilines is 2. The van der Waals surface area contributed by atoms with E-state index in [0.29, 0.717) is 30.3 Å². The van der Waals surface area contributed by atoms with Crippen molar-refractivity contribution in [2.45, 2.75) is 85.0 Å². The van der Waals surface area contributed by atoms with Crippen molar-refractivity contribution in [2.75, 3.05) is 44.0 Å². The number of aryl methyl sites for hydroxylation is 1. The molecular formula is C31H43F3N6O6. The number of hydrogen-bond donors (Lipinski definition) is 1. The molecule has 2 aromatic heterocycles. The number of morpholine rings is 1. The van der Waals surface area contributed by atoms with Gasteiger partial charge in [0.2, 0.25) is 5.78 Å². The van der Waals surface area contributed by atoms with Gasteiger partial charge in [0, 0.05) is 35.8 Å². The Labute approximate surface area is 266 Å². The highest BCUT2D eigenvalue weighted by molar-refractivity contribution is 5.97. The van der Waals surface area contributed by atoms with Crippen molar-refractivity contribution in [3.8, 4) is 11.6 Å². The van der Waals surface area contributed by atoms with Gasteiger partial charge in [-0.1, -0.05) is 46.1 Å². The van der Waals surface area contributed by atoms with Crippen LogP contribution in [0.1, 0.15) is 75.9 Å². The molecule has 254 valence electrons.